The normalized spacial score (nSPS) is 10.4. The number of nitrogens with zero attached hydrogens (tertiary/aromatic N) is 1. The zero-order chi connectivity index (χ0) is 15.1. The van der Waals surface area contributed by atoms with E-state index in [2.05, 4.69) is 19.2 Å². The number of hydrogen-bond acceptors (Lipinski definition) is 2. The van der Waals surface area contributed by atoms with Gasteiger partial charge in [0, 0.05) is 19.2 Å². The van der Waals surface area contributed by atoms with Crippen LogP contribution < -0.4 is 10.2 Å². The Morgan fingerprint density at radius 3 is 2.45 bits per heavy atom. The average molecular weight is 276 g/mol. The third-order valence-electron chi connectivity index (χ3n) is 3.10. The lowest BCUT2D eigenvalue weighted by Gasteiger charge is -2.24. The van der Waals surface area contributed by atoms with E-state index in [1.807, 2.05) is 31.2 Å². The number of carbonyl (C=O) groups excluding carboxylic acids is 2. The third-order valence-corrected chi connectivity index (χ3v) is 3.10. The number of carbonyl (C=O) groups is 2. The van der Waals surface area contributed by atoms with Gasteiger partial charge in [-0.25, -0.2) is 0 Å². The summed E-state index contributed by atoms with van der Waals surface area (Å²) in [4.78, 5) is 25.3. The summed E-state index contributed by atoms with van der Waals surface area (Å²) in [6, 6.07) is 7.74. The van der Waals surface area contributed by atoms with Gasteiger partial charge in [0.25, 0.3) is 0 Å². The lowest BCUT2D eigenvalue weighted by Crippen LogP contribution is -2.40. The van der Waals surface area contributed by atoms with Crippen molar-refractivity contribution in [2.75, 3.05) is 18.0 Å². The molecule has 0 bridgehead atoms. The number of hydrogen-bond donors (Lipinski definition) is 1. The monoisotopic (exact) mass is 276 g/mol. The van der Waals surface area contributed by atoms with E-state index >= 15 is 0 Å². The second-order valence-electron chi connectivity index (χ2n) is 5.17. The van der Waals surface area contributed by atoms with Crippen LogP contribution in [0.3, 0.4) is 0 Å². The quantitative estimate of drug-likeness (QED) is 0.868. The molecule has 0 unspecified atom stereocenters. The van der Waals surface area contributed by atoms with E-state index in [9.17, 15) is 9.59 Å². The number of nitrogens with one attached hydrogen (secondary N) is 1. The molecule has 1 aromatic carbocycles. The van der Waals surface area contributed by atoms with Crippen LogP contribution in [0.5, 0.6) is 0 Å². The molecule has 0 saturated heterocycles. The minimum atomic E-state index is -0.124. The van der Waals surface area contributed by atoms with Gasteiger partial charge in [-0.05, 0) is 24.0 Å². The SMILES string of the molecule is CCCNC(=O)CN(C(C)=O)c1ccccc1C(C)C. The molecule has 4 nitrogen and oxygen atoms in total. The molecule has 0 aromatic heterocycles. The fourth-order valence-electron chi connectivity index (χ4n) is 2.05. The second kappa shape index (κ2) is 7.68. The van der Waals surface area contributed by atoms with Crippen LogP contribution in [-0.4, -0.2) is 24.9 Å². The topological polar surface area (TPSA) is 49.4 Å². The molecule has 0 aliphatic heterocycles. The van der Waals surface area contributed by atoms with Gasteiger partial charge in [0.1, 0.15) is 6.54 Å². The highest BCUT2D eigenvalue weighted by atomic mass is 16.2. The first-order chi connectivity index (χ1) is 9.47. The molecule has 0 aliphatic carbocycles. The standard InChI is InChI=1S/C16H24N2O2/c1-5-10-17-16(20)11-18(13(4)19)15-9-7-6-8-14(15)12(2)3/h6-9,12H,5,10-11H2,1-4H3,(H,17,20). The lowest BCUT2D eigenvalue weighted by molar-refractivity contribution is -0.123. The van der Waals surface area contributed by atoms with Gasteiger partial charge in [-0.1, -0.05) is 39.0 Å². The maximum absolute atomic E-state index is 11.9. The summed E-state index contributed by atoms with van der Waals surface area (Å²) in [5, 5.41) is 2.80. The Balaban J connectivity index is 2.97. The molecule has 0 saturated carbocycles. The number of amides is 2. The van der Waals surface area contributed by atoms with Crippen molar-refractivity contribution in [3.63, 3.8) is 0 Å². The Morgan fingerprint density at radius 2 is 1.90 bits per heavy atom. The summed E-state index contributed by atoms with van der Waals surface area (Å²) in [6.45, 7) is 8.35. The van der Waals surface area contributed by atoms with Gasteiger partial charge in [-0.3, -0.25) is 9.59 Å². The Morgan fingerprint density at radius 1 is 1.25 bits per heavy atom. The molecule has 1 rings (SSSR count). The zero-order valence-corrected chi connectivity index (χ0v) is 12.8. The summed E-state index contributed by atoms with van der Waals surface area (Å²) >= 11 is 0. The fraction of sp³-hybridized carbons (Fsp3) is 0.500. The zero-order valence-electron chi connectivity index (χ0n) is 12.8. The maximum Gasteiger partial charge on any atom is 0.240 e. The number of anilines is 1. The summed E-state index contributed by atoms with van der Waals surface area (Å²) < 4.78 is 0. The highest BCUT2D eigenvalue weighted by Crippen LogP contribution is 2.27. The Labute approximate surface area is 121 Å². The van der Waals surface area contributed by atoms with Crippen molar-refractivity contribution < 1.29 is 9.59 Å². The third kappa shape index (κ3) is 4.37. The van der Waals surface area contributed by atoms with E-state index in [0.717, 1.165) is 17.7 Å². The molecule has 0 radical (unpaired) electrons. The van der Waals surface area contributed by atoms with Crippen molar-refractivity contribution in [3.05, 3.63) is 29.8 Å². The van der Waals surface area contributed by atoms with Gasteiger partial charge in [0.2, 0.25) is 11.8 Å². The van der Waals surface area contributed by atoms with Crippen LogP contribution in [0.25, 0.3) is 0 Å². The minimum Gasteiger partial charge on any atom is -0.355 e. The maximum atomic E-state index is 11.9. The van der Waals surface area contributed by atoms with Crippen LogP contribution >= 0.6 is 0 Å². The molecule has 0 spiro atoms. The van der Waals surface area contributed by atoms with Crippen molar-refractivity contribution in [2.24, 2.45) is 0 Å². The van der Waals surface area contributed by atoms with Crippen molar-refractivity contribution in [1.82, 2.24) is 5.32 Å². The molecule has 110 valence electrons. The van der Waals surface area contributed by atoms with Crippen molar-refractivity contribution in [2.45, 2.75) is 40.0 Å². The van der Waals surface area contributed by atoms with E-state index in [0.29, 0.717) is 12.5 Å². The lowest BCUT2D eigenvalue weighted by atomic mass is 10.0. The predicted octanol–water partition coefficient (Wildman–Crippen LogP) is 2.69. The van der Waals surface area contributed by atoms with Crippen molar-refractivity contribution >= 4 is 17.5 Å². The minimum absolute atomic E-state index is 0.0685. The molecular weight excluding hydrogens is 252 g/mol. The average Bonchev–Trinajstić information content (AvgIpc) is 2.42. The van der Waals surface area contributed by atoms with Crippen LogP contribution in [0, 0.1) is 0 Å². The van der Waals surface area contributed by atoms with Crippen molar-refractivity contribution in [3.8, 4) is 0 Å². The van der Waals surface area contributed by atoms with E-state index in [4.69, 9.17) is 0 Å². The van der Waals surface area contributed by atoms with Crippen molar-refractivity contribution in [1.29, 1.82) is 0 Å². The molecule has 20 heavy (non-hydrogen) atoms. The molecule has 1 aromatic rings. The molecule has 0 aliphatic rings. The summed E-state index contributed by atoms with van der Waals surface area (Å²) in [7, 11) is 0. The van der Waals surface area contributed by atoms with E-state index in [-0.39, 0.29) is 18.4 Å². The molecule has 4 heteroatoms. The number of benzene rings is 1. The predicted molar refractivity (Wildman–Crippen MR) is 81.9 cm³/mol. The van der Waals surface area contributed by atoms with Gasteiger partial charge in [0.05, 0.1) is 0 Å². The van der Waals surface area contributed by atoms with E-state index in [1.54, 1.807) is 4.90 Å². The molecule has 0 heterocycles. The Hall–Kier alpha value is -1.84. The van der Waals surface area contributed by atoms with Gasteiger partial charge >= 0.3 is 0 Å². The van der Waals surface area contributed by atoms with E-state index in [1.165, 1.54) is 6.92 Å². The molecule has 2 amide bonds. The van der Waals surface area contributed by atoms with Gasteiger partial charge in [-0.2, -0.15) is 0 Å². The van der Waals surface area contributed by atoms with Crippen LogP contribution in [0.2, 0.25) is 0 Å². The van der Waals surface area contributed by atoms with Gasteiger partial charge < -0.3 is 10.2 Å². The van der Waals surface area contributed by atoms with Crippen LogP contribution in [0.4, 0.5) is 5.69 Å². The second-order valence-corrected chi connectivity index (χ2v) is 5.17. The highest BCUT2D eigenvalue weighted by molar-refractivity contribution is 5.98. The van der Waals surface area contributed by atoms with E-state index < -0.39 is 0 Å². The van der Waals surface area contributed by atoms with Gasteiger partial charge in [0.15, 0.2) is 0 Å². The summed E-state index contributed by atoms with van der Waals surface area (Å²) in [5.74, 6) is 0.0529. The Kier molecular flexibility index (Phi) is 6.22. The highest BCUT2D eigenvalue weighted by Gasteiger charge is 2.19. The van der Waals surface area contributed by atoms with Crippen LogP contribution in [-0.2, 0) is 9.59 Å². The molecular formula is C16H24N2O2. The first-order valence-electron chi connectivity index (χ1n) is 7.11. The molecule has 1 N–H and O–H groups in total. The van der Waals surface area contributed by atoms with Gasteiger partial charge in [-0.15, -0.1) is 0 Å². The summed E-state index contributed by atoms with van der Waals surface area (Å²) in [6.07, 6.45) is 0.883. The molecule has 0 fully saturated rings. The smallest absolute Gasteiger partial charge is 0.240 e. The first kappa shape index (κ1) is 16.2. The number of para-hydroxylation sites is 1. The van der Waals surface area contributed by atoms with Crippen LogP contribution in [0.15, 0.2) is 24.3 Å². The Bertz CT molecular complexity index is 469. The molecule has 0 atom stereocenters. The first-order valence-corrected chi connectivity index (χ1v) is 7.11. The van der Waals surface area contributed by atoms with Crippen LogP contribution in [0.1, 0.15) is 45.6 Å². The summed E-state index contributed by atoms with van der Waals surface area (Å²) in [5.41, 5.74) is 1.90. The largest absolute Gasteiger partial charge is 0.355 e. The fourth-order valence-corrected chi connectivity index (χ4v) is 2.05. The number of rotatable bonds is 6.